The summed E-state index contributed by atoms with van der Waals surface area (Å²) in [6.45, 7) is 0.648. The molecule has 5 rings (SSSR count). The standard InChI is InChI=1S/C29H25N5O4/c1-38-27(35)13-26-28(36)34(18-24-15-31-19-32(24)16-21-11-9-20(14-30)10-12-21)29(37)33(26)17-23-7-4-6-22-5-2-3-8-25(22)23/h2-12,15,19,26H,13,16-18H2,1H3. The summed E-state index contributed by atoms with van der Waals surface area (Å²) >= 11 is 0. The number of imide groups is 1. The summed E-state index contributed by atoms with van der Waals surface area (Å²) in [5.41, 5.74) is 3.06. The zero-order chi connectivity index (χ0) is 26.6. The molecule has 1 saturated heterocycles. The Labute approximate surface area is 219 Å². The highest BCUT2D eigenvalue weighted by atomic mass is 16.5. The lowest BCUT2D eigenvalue weighted by molar-refractivity contribution is -0.144. The van der Waals surface area contributed by atoms with Crippen LogP contribution in [0.3, 0.4) is 0 Å². The van der Waals surface area contributed by atoms with Crippen LogP contribution in [0, 0.1) is 11.3 Å². The molecule has 0 bridgehead atoms. The molecular formula is C29H25N5O4. The van der Waals surface area contributed by atoms with Crippen LogP contribution in [-0.2, 0) is 34.0 Å². The Balaban J connectivity index is 1.41. The van der Waals surface area contributed by atoms with Gasteiger partial charge in [-0.05, 0) is 34.0 Å². The molecular weight excluding hydrogens is 482 g/mol. The van der Waals surface area contributed by atoms with Crippen LogP contribution in [0.2, 0.25) is 0 Å². The van der Waals surface area contributed by atoms with Crippen molar-refractivity contribution in [3.63, 3.8) is 0 Å². The van der Waals surface area contributed by atoms with Gasteiger partial charge in [-0.2, -0.15) is 5.26 Å². The summed E-state index contributed by atoms with van der Waals surface area (Å²) in [6.07, 6.45) is 3.03. The molecule has 0 radical (unpaired) electrons. The van der Waals surface area contributed by atoms with Crippen LogP contribution in [0.5, 0.6) is 0 Å². The second-order valence-corrected chi connectivity index (χ2v) is 9.09. The SMILES string of the molecule is COC(=O)CC1C(=O)N(Cc2cncn2Cc2ccc(C#N)cc2)C(=O)N1Cc1cccc2ccccc12. The molecule has 9 heteroatoms. The average Bonchev–Trinajstić information content (AvgIpc) is 3.47. The van der Waals surface area contributed by atoms with Crippen LogP contribution < -0.4 is 0 Å². The van der Waals surface area contributed by atoms with E-state index in [1.54, 1.807) is 24.7 Å². The first-order valence-electron chi connectivity index (χ1n) is 12.1. The topological polar surface area (TPSA) is 109 Å². The number of carbonyl (C=O) groups excluding carboxylic acids is 3. The first-order valence-corrected chi connectivity index (χ1v) is 12.1. The lowest BCUT2D eigenvalue weighted by Gasteiger charge is -2.22. The summed E-state index contributed by atoms with van der Waals surface area (Å²) in [6, 6.07) is 21.5. The van der Waals surface area contributed by atoms with E-state index < -0.39 is 23.9 Å². The number of nitrogens with zero attached hydrogens (tertiary/aromatic N) is 5. The number of urea groups is 1. The van der Waals surface area contributed by atoms with Crippen molar-refractivity contribution in [2.75, 3.05) is 7.11 Å². The number of fused-ring (bicyclic) bond motifs is 1. The molecule has 1 aliphatic rings. The number of aromatic nitrogens is 2. The van der Waals surface area contributed by atoms with Gasteiger partial charge < -0.3 is 14.2 Å². The quantitative estimate of drug-likeness (QED) is 0.265. The van der Waals surface area contributed by atoms with Crippen molar-refractivity contribution in [1.82, 2.24) is 19.4 Å². The number of benzene rings is 3. The molecule has 1 aromatic heterocycles. The minimum absolute atomic E-state index is 0.0116. The van der Waals surface area contributed by atoms with Crippen LogP contribution in [0.25, 0.3) is 10.8 Å². The van der Waals surface area contributed by atoms with Gasteiger partial charge in [-0.1, -0.05) is 54.6 Å². The molecule has 4 aromatic rings. The van der Waals surface area contributed by atoms with Crippen molar-refractivity contribution >= 4 is 28.7 Å². The van der Waals surface area contributed by atoms with Gasteiger partial charge in [0, 0.05) is 19.3 Å². The zero-order valence-electron chi connectivity index (χ0n) is 20.8. The lowest BCUT2D eigenvalue weighted by Crippen LogP contribution is -2.36. The summed E-state index contributed by atoms with van der Waals surface area (Å²) in [5.74, 6) is -1.02. The molecule has 0 saturated carbocycles. The second kappa shape index (κ2) is 10.6. The number of carbonyl (C=O) groups is 3. The molecule has 9 nitrogen and oxygen atoms in total. The van der Waals surface area contributed by atoms with Crippen LogP contribution in [0.4, 0.5) is 4.79 Å². The molecule has 3 amide bonds. The van der Waals surface area contributed by atoms with E-state index in [1.165, 1.54) is 16.9 Å². The predicted molar refractivity (Wildman–Crippen MR) is 138 cm³/mol. The average molecular weight is 508 g/mol. The van der Waals surface area contributed by atoms with E-state index in [1.807, 2.05) is 59.2 Å². The maximum Gasteiger partial charge on any atom is 0.328 e. The van der Waals surface area contributed by atoms with Crippen molar-refractivity contribution in [3.05, 3.63) is 102 Å². The first-order chi connectivity index (χ1) is 18.5. The van der Waals surface area contributed by atoms with Gasteiger partial charge in [0.1, 0.15) is 6.04 Å². The van der Waals surface area contributed by atoms with Gasteiger partial charge in [0.2, 0.25) is 0 Å². The molecule has 3 aromatic carbocycles. The number of hydrogen-bond donors (Lipinski definition) is 0. The van der Waals surface area contributed by atoms with E-state index in [9.17, 15) is 14.4 Å². The third-order valence-electron chi connectivity index (χ3n) is 6.77. The summed E-state index contributed by atoms with van der Waals surface area (Å²) < 4.78 is 6.68. The van der Waals surface area contributed by atoms with Gasteiger partial charge in [-0.15, -0.1) is 0 Å². The Morgan fingerprint density at radius 3 is 2.53 bits per heavy atom. The monoisotopic (exact) mass is 507 g/mol. The number of nitriles is 1. The van der Waals surface area contributed by atoms with Crippen LogP contribution in [-0.4, -0.2) is 50.4 Å². The maximum atomic E-state index is 13.6. The van der Waals surface area contributed by atoms with E-state index in [-0.39, 0.29) is 19.5 Å². The molecule has 2 heterocycles. The number of amides is 3. The highest BCUT2D eigenvalue weighted by Crippen LogP contribution is 2.28. The van der Waals surface area contributed by atoms with Crippen molar-refractivity contribution < 1.29 is 19.1 Å². The Hall–Kier alpha value is -4.97. The van der Waals surface area contributed by atoms with Gasteiger partial charge in [-0.3, -0.25) is 14.5 Å². The Morgan fingerprint density at radius 1 is 1.00 bits per heavy atom. The van der Waals surface area contributed by atoms with Crippen LogP contribution in [0.15, 0.2) is 79.3 Å². The van der Waals surface area contributed by atoms with E-state index in [0.717, 1.165) is 21.9 Å². The van der Waals surface area contributed by atoms with Gasteiger partial charge in [-0.25, -0.2) is 9.78 Å². The Bertz CT molecular complexity index is 1550. The molecule has 0 N–H and O–H groups in total. The van der Waals surface area contributed by atoms with Gasteiger partial charge in [0.15, 0.2) is 0 Å². The third kappa shape index (κ3) is 4.84. The fourth-order valence-electron chi connectivity index (χ4n) is 4.74. The van der Waals surface area contributed by atoms with Gasteiger partial charge in [0.25, 0.3) is 5.91 Å². The fourth-order valence-corrected chi connectivity index (χ4v) is 4.74. The number of methoxy groups -OCH3 is 1. The van der Waals surface area contributed by atoms with E-state index in [0.29, 0.717) is 17.8 Å². The summed E-state index contributed by atoms with van der Waals surface area (Å²) in [5, 5.41) is 11.0. The molecule has 1 aliphatic heterocycles. The van der Waals surface area contributed by atoms with E-state index in [2.05, 4.69) is 11.1 Å². The zero-order valence-corrected chi connectivity index (χ0v) is 20.8. The van der Waals surface area contributed by atoms with E-state index in [4.69, 9.17) is 10.00 Å². The number of ether oxygens (including phenoxy) is 1. The number of imidazole rings is 1. The van der Waals surface area contributed by atoms with E-state index >= 15 is 0 Å². The molecule has 0 spiro atoms. The molecule has 1 fully saturated rings. The highest BCUT2D eigenvalue weighted by Gasteiger charge is 2.46. The normalized spacial score (nSPS) is 15.2. The van der Waals surface area contributed by atoms with Crippen LogP contribution >= 0.6 is 0 Å². The minimum atomic E-state index is -0.969. The molecule has 0 aliphatic carbocycles. The first kappa shape index (κ1) is 24.7. The summed E-state index contributed by atoms with van der Waals surface area (Å²) in [7, 11) is 1.26. The Morgan fingerprint density at radius 2 is 1.76 bits per heavy atom. The maximum absolute atomic E-state index is 13.6. The van der Waals surface area contributed by atoms with Crippen LogP contribution in [0.1, 0.15) is 28.8 Å². The smallest absolute Gasteiger partial charge is 0.328 e. The minimum Gasteiger partial charge on any atom is -0.469 e. The number of esters is 1. The van der Waals surface area contributed by atoms with Gasteiger partial charge >= 0.3 is 12.0 Å². The highest BCUT2D eigenvalue weighted by molar-refractivity contribution is 6.05. The largest absolute Gasteiger partial charge is 0.469 e. The molecule has 190 valence electrons. The second-order valence-electron chi connectivity index (χ2n) is 9.09. The molecule has 38 heavy (non-hydrogen) atoms. The van der Waals surface area contributed by atoms with Crippen molar-refractivity contribution in [3.8, 4) is 6.07 Å². The lowest BCUT2D eigenvalue weighted by atomic mass is 10.0. The number of hydrogen-bond acceptors (Lipinski definition) is 6. The van der Waals surface area contributed by atoms with Crippen molar-refractivity contribution in [1.29, 1.82) is 5.26 Å². The van der Waals surface area contributed by atoms with Crippen molar-refractivity contribution in [2.24, 2.45) is 0 Å². The molecule has 1 unspecified atom stereocenters. The molecule has 1 atom stereocenters. The Kier molecular flexibility index (Phi) is 6.87. The van der Waals surface area contributed by atoms with Gasteiger partial charge in [0.05, 0.1) is 43.7 Å². The fraction of sp³-hybridized carbons (Fsp3) is 0.207. The predicted octanol–water partition coefficient (Wildman–Crippen LogP) is 3.85. The van der Waals surface area contributed by atoms with Crippen molar-refractivity contribution in [2.45, 2.75) is 32.1 Å². The number of rotatable bonds is 8. The third-order valence-corrected chi connectivity index (χ3v) is 6.77. The summed E-state index contributed by atoms with van der Waals surface area (Å²) in [4.78, 5) is 46.1.